The second-order valence-corrected chi connectivity index (χ2v) is 17.5. The number of hydrogen-bond acceptors (Lipinski definition) is 4. The Morgan fingerprint density at radius 2 is 0.549 bits per heavy atom. The second kappa shape index (κ2) is 27.0. The van der Waals surface area contributed by atoms with E-state index in [2.05, 4.69) is 241 Å². The minimum Gasteiger partial charge on any atom is -0.479 e. The summed E-state index contributed by atoms with van der Waals surface area (Å²) < 4.78 is 9.91. The zero-order valence-electron chi connectivity index (χ0n) is 28.6. The summed E-state index contributed by atoms with van der Waals surface area (Å²) in [6.45, 7) is 4.95. The number of rotatable bonds is 8. The average molecular weight is 872 g/mol. The molecule has 51 heavy (non-hydrogen) atoms. The van der Waals surface area contributed by atoms with Crippen LogP contribution in [0.5, 0.6) is 0 Å². The molecule has 262 valence electrons. The van der Waals surface area contributed by atoms with Crippen molar-refractivity contribution in [3.8, 4) is 0 Å². The van der Waals surface area contributed by atoms with Crippen molar-refractivity contribution in [2.24, 2.45) is 0 Å². The first kappa shape index (κ1) is 44.4. The first-order valence-electron chi connectivity index (χ1n) is 16.2. The van der Waals surface area contributed by atoms with Crippen molar-refractivity contribution in [3.63, 3.8) is 0 Å². The molecule has 6 aromatic rings. The maximum atomic E-state index is 4.64. The third kappa shape index (κ3) is 17.1. The molecule has 0 heterocycles. The van der Waals surface area contributed by atoms with Crippen molar-refractivity contribution in [2.75, 3.05) is 13.2 Å². The van der Waals surface area contributed by atoms with Gasteiger partial charge in [0.1, 0.15) is 31.8 Å². The summed E-state index contributed by atoms with van der Waals surface area (Å²) in [6.07, 6.45) is 0. The van der Waals surface area contributed by atoms with Crippen LogP contribution < -0.4 is 31.8 Å². The van der Waals surface area contributed by atoms with Crippen molar-refractivity contribution in [1.29, 1.82) is 0 Å². The van der Waals surface area contributed by atoms with Crippen LogP contribution in [0, 0.1) is 0 Å². The molecule has 6 aromatic carbocycles. The van der Waals surface area contributed by atoms with Gasteiger partial charge >= 0.3 is 19.5 Å². The van der Waals surface area contributed by atoms with Gasteiger partial charge in [-0.3, -0.25) is 0 Å². The number of thiol groups is 2. The second-order valence-electron chi connectivity index (χ2n) is 10.3. The van der Waals surface area contributed by atoms with Crippen LogP contribution in [0.2, 0.25) is 0 Å². The molecule has 6 rings (SSSR count). The summed E-state index contributed by atoms with van der Waals surface area (Å²) in [5.74, 6) is 0. The van der Waals surface area contributed by atoms with Gasteiger partial charge in [0.2, 0.25) is 8.77 Å². The third-order valence-corrected chi connectivity index (χ3v) is 12.9. The van der Waals surface area contributed by atoms with E-state index >= 15 is 0 Å². The Labute approximate surface area is 341 Å². The first-order chi connectivity index (χ1) is 24.4. The summed E-state index contributed by atoms with van der Waals surface area (Å²) >= 11 is 16.2. The van der Waals surface area contributed by atoms with Crippen LogP contribution in [0.25, 0.3) is 0 Å². The Hall–Kier alpha value is -2.72. The van der Waals surface area contributed by atoms with Crippen LogP contribution in [0.1, 0.15) is 13.8 Å². The van der Waals surface area contributed by atoms with E-state index in [1.165, 1.54) is 31.8 Å². The van der Waals surface area contributed by atoms with Gasteiger partial charge in [0.15, 0.2) is 0 Å². The molecule has 0 aromatic heterocycles. The summed E-state index contributed by atoms with van der Waals surface area (Å²) in [4.78, 5) is 0. The first-order valence-corrected chi connectivity index (χ1v) is 20.9. The summed E-state index contributed by atoms with van der Waals surface area (Å²) in [5.41, 5.74) is 0. The van der Waals surface area contributed by atoms with E-state index < -0.39 is 15.8 Å². The number of thiocarbonyl (C=S) groups is 2. The van der Waals surface area contributed by atoms with Crippen LogP contribution in [-0.2, 0) is 29.0 Å². The van der Waals surface area contributed by atoms with Crippen LogP contribution in [0.4, 0.5) is 0 Å². The molecule has 0 aliphatic rings. The Balaban J connectivity index is 0.000000266. The van der Waals surface area contributed by atoms with Crippen LogP contribution in [-0.4, -0.2) is 22.0 Å². The molecule has 0 amide bonds. The molecule has 0 atom stereocenters. The molecule has 0 aliphatic heterocycles. The number of ether oxygens (including phenoxy) is 2. The van der Waals surface area contributed by atoms with Crippen molar-refractivity contribution < 1.29 is 29.0 Å². The largest absolute Gasteiger partial charge is 2.00 e. The van der Waals surface area contributed by atoms with Gasteiger partial charge in [-0.2, -0.15) is 0 Å². The molecule has 0 fully saturated rings. The van der Waals surface area contributed by atoms with Gasteiger partial charge in [-0.15, -0.1) is 0 Å². The predicted molar refractivity (Wildman–Crippen MR) is 240 cm³/mol. The van der Waals surface area contributed by atoms with Gasteiger partial charge in [-0.05, 0) is 111 Å². The SMILES string of the molecule is CCOC(=S)S.CCOC(=S)S.[Ru+2].c1ccc([PH+](c2ccccc2)c2ccccc2)cc1.c1ccc([PH+](c2ccccc2)c2ccccc2)cc1. The maximum Gasteiger partial charge on any atom is 2.00 e. The predicted octanol–water partition coefficient (Wildman–Crippen LogP) is 8.83. The molecule has 0 N–H and O–H groups in total. The Kier molecular flexibility index (Phi) is 23.5. The van der Waals surface area contributed by atoms with E-state index in [4.69, 9.17) is 0 Å². The zero-order valence-corrected chi connectivity index (χ0v) is 35.8. The van der Waals surface area contributed by atoms with Crippen molar-refractivity contribution in [1.82, 2.24) is 0 Å². The van der Waals surface area contributed by atoms with Crippen molar-refractivity contribution in [3.05, 3.63) is 182 Å². The molecule has 0 aliphatic carbocycles. The zero-order chi connectivity index (χ0) is 35.8. The van der Waals surface area contributed by atoms with Crippen LogP contribution in [0.15, 0.2) is 182 Å². The number of benzene rings is 6. The van der Waals surface area contributed by atoms with Gasteiger partial charge < -0.3 is 9.47 Å². The van der Waals surface area contributed by atoms with E-state index in [9.17, 15) is 0 Å². The van der Waals surface area contributed by atoms with Crippen LogP contribution >= 0.6 is 65.5 Å². The normalized spacial score (nSPS) is 9.69. The minimum absolute atomic E-state index is 0. The fraction of sp³-hybridized carbons (Fsp3) is 0.0952. The third-order valence-electron chi connectivity index (χ3n) is 6.91. The molecule has 0 bridgehead atoms. The van der Waals surface area contributed by atoms with E-state index in [1.54, 1.807) is 0 Å². The van der Waals surface area contributed by atoms with E-state index in [-0.39, 0.29) is 19.5 Å². The van der Waals surface area contributed by atoms with Gasteiger partial charge in [0.25, 0.3) is 0 Å². The standard InChI is InChI=1S/2C18H15P.2C3H6OS2.Ru/c2*1-4-10-16(11-5-1)19(17-12-6-2-7-13-17)18-14-8-3-9-15-18;2*1-2-4-3(5)6;/h2*1-15H;2*2H2,1H3,(H,5,6);/q;;;;+2/p+2. The van der Waals surface area contributed by atoms with E-state index in [1.807, 2.05) is 13.8 Å². The summed E-state index contributed by atoms with van der Waals surface area (Å²) in [7, 11) is -1.75. The van der Waals surface area contributed by atoms with Gasteiger partial charge in [0, 0.05) is 0 Å². The number of hydrogen-bond donors (Lipinski definition) is 2. The molecular formula is C42H44O2P2RuS4+4. The van der Waals surface area contributed by atoms with Crippen molar-refractivity contribution in [2.45, 2.75) is 13.8 Å². The molecule has 2 nitrogen and oxygen atoms in total. The Bertz CT molecular complexity index is 1450. The van der Waals surface area contributed by atoms with Crippen LogP contribution in [0.3, 0.4) is 0 Å². The Morgan fingerprint density at radius 3 is 0.647 bits per heavy atom. The fourth-order valence-electron chi connectivity index (χ4n) is 4.88. The molecule has 0 radical (unpaired) electrons. The average Bonchev–Trinajstić information content (AvgIpc) is 3.15. The smallest absolute Gasteiger partial charge is 0.479 e. The maximum absolute atomic E-state index is 4.64. The molecule has 0 saturated heterocycles. The van der Waals surface area contributed by atoms with Gasteiger partial charge in [-0.25, -0.2) is 0 Å². The minimum atomic E-state index is -0.877. The molecule has 9 heteroatoms. The molecule has 0 unspecified atom stereocenters. The summed E-state index contributed by atoms with van der Waals surface area (Å²) in [5, 5.41) is 8.61. The van der Waals surface area contributed by atoms with E-state index in [0.29, 0.717) is 22.0 Å². The van der Waals surface area contributed by atoms with Gasteiger partial charge in [0.05, 0.1) is 29.1 Å². The molecular weight excluding hydrogens is 828 g/mol. The Morgan fingerprint density at radius 1 is 0.392 bits per heavy atom. The van der Waals surface area contributed by atoms with Crippen molar-refractivity contribution >= 4 is 106 Å². The quantitative estimate of drug-likeness (QED) is 0.0690. The topological polar surface area (TPSA) is 18.5 Å². The fourth-order valence-corrected chi connectivity index (χ4v) is 10.5. The molecule has 0 saturated carbocycles. The summed E-state index contributed by atoms with van der Waals surface area (Å²) in [6, 6.07) is 65.0. The van der Waals surface area contributed by atoms with E-state index in [0.717, 1.165) is 0 Å². The molecule has 0 spiro atoms. The van der Waals surface area contributed by atoms with Gasteiger partial charge in [-0.1, -0.05) is 134 Å². The monoisotopic (exact) mass is 872 g/mol.